The lowest BCUT2D eigenvalue weighted by Crippen LogP contribution is -2.33. The van der Waals surface area contributed by atoms with Gasteiger partial charge in [-0.3, -0.25) is 14.4 Å². The zero-order chi connectivity index (χ0) is 21.6. The molecule has 160 valence electrons. The molecule has 0 saturated carbocycles. The van der Waals surface area contributed by atoms with E-state index in [0.717, 1.165) is 29.8 Å². The van der Waals surface area contributed by atoms with Crippen LogP contribution in [0.4, 0.5) is 0 Å². The lowest BCUT2D eigenvalue weighted by molar-refractivity contribution is -0.115. The molecule has 2 aliphatic heterocycles. The maximum Gasteiger partial charge on any atom is 0.231 e. The lowest BCUT2D eigenvalue weighted by Gasteiger charge is -2.35. The number of aliphatic hydroxyl groups is 1. The van der Waals surface area contributed by atoms with Crippen LogP contribution in [-0.2, 0) is 18.3 Å². The van der Waals surface area contributed by atoms with Crippen LogP contribution in [0.25, 0.3) is 5.76 Å². The Morgan fingerprint density at radius 1 is 1.37 bits per heavy atom. The fourth-order valence-corrected chi connectivity index (χ4v) is 4.40. The molecule has 8 heteroatoms. The van der Waals surface area contributed by atoms with E-state index < -0.39 is 0 Å². The highest BCUT2D eigenvalue weighted by Gasteiger charge is 2.34. The minimum absolute atomic E-state index is 0.0561. The van der Waals surface area contributed by atoms with Crippen molar-refractivity contribution in [3.05, 3.63) is 40.2 Å². The molecule has 30 heavy (non-hydrogen) atoms. The standard InChI is InChI=1S/C22H27N3O5/c1-12-19(13(2)25(4)23-12)17(27)10-15(26)9-16-20-14(6-7-24(16)3)8-18-21(22(20)28-5)30-11-29-18/h8,10,16,27H,6-7,9,11H2,1-5H3/b17-10-/t16-/m0/s1. The molecule has 4 rings (SSSR count). The topological polar surface area (TPSA) is 86.0 Å². The van der Waals surface area contributed by atoms with E-state index >= 15 is 0 Å². The van der Waals surface area contributed by atoms with Crippen LogP contribution in [0.3, 0.4) is 0 Å². The monoisotopic (exact) mass is 413 g/mol. The zero-order valence-corrected chi connectivity index (χ0v) is 18.0. The van der Waals surface area contributed by atoms with E-state index in [4.69, 9.17) is 14.2 Å². The maximum atomic E-state index is 12.9. The molecule has 0 bridgehead atoms. The summed E-state index contributed by atoms with van der Waals surface area (Å²) in [6, 6.07) is 1.80. The second-order valence-corrected chi connectivity index (χ2v) is 7.83. The van der Waals surface area contributed by atoms with E-state index in [1.165, 1.54) is 6.08 Å². The molecule has 1 atom stereocenters. The van der Waals surface area contributed by atoms with Crippen LogP contribution in [0.15, 0.2) is 12.1 Å². The number of rotatable bonds is 5. The van der Waals surface area contributed by atoms with Crippen LogP contribution in [0.1, 0.15) is 40.5 Å². The molecule has 2 aromatic rings. The molecule has 0 amide bonds. The predicted octanol–water partition coefficient (Wildman–Crippen LogP) is 2.86. The number of hydrogen-bond acceptors (Lipinski definition) is 7. The highest BCUT2D eigenvalue weighted by Crippen LogP contribution is 2.50. The van der Waals surface area contributed by atoms with E-state index in [0.29, 0.717) is 28.5 Å². The highest BCUT2D eigenvalue weighted by atomic mass is 16.7. The van der Waals surface area contributed by atoms with E-state index in [9.17, 15) is 9.90 Å². The molecule has 8 nitrogen and oxygen atoms in total. The number of benzene rings is 1. The van der Waals surface area contributed by atoms with Crippen molar-refractivity contribution in [3.8, 4) is 17.2 Å². The molecule has 1 aromatic heterocycles. The van der Waals surface area contributed by atoms with Crippen LogP contribution in [0, 0.1) is 13.8 Å². The molecule has 0 fully saturated rings. The fourth-order valence-electron chi connectivity index (χ4n) is 4.40. The number of aliphatic hydroxyl groups excluding tert-OH is 1. The van der Waals surface area contributed by atoms with Gasteiger partial charge in [-0.15, -0.1) is 0 Å². The maximum absolute atomic E-state index is 12.9. The van der Waals surface area contributed by atoms with Crippen LogP contribution < -0.4 is 14.2 Å². The Labute approximate surface area is 175 Å². The van der Waals surface area contributed by atoms with Crippen molar-refractivity contribution in [2.45, 2.75) is 32.7 Å². The summed E-state index contributed by atoms with van der Waals surface area (Å²) in [6.07, 6.45) is 2.35. The number of hydrogen-bond donors (Lipinski definition) is 1. The summed E-state index contributed by atoms with van der Waals surface area (Å²) in [5.74, 6) is 1.67. The summed E-state index contributed by atoms with van der Waals surface area (Å²) in [7, 11) is 5.40. The van der Waals surface area contributed by atoms with Crippen LogP contribution in [-0.4, -0.2) is 53.1 Å². The number of ether oxygens (including phenoxy) is 3. The number of aryl methyl sites for hydroxylation is 2. The van der Waals surface area contributed by atoms with Crippen molar-refractivity contribution in [3.63, 3.8) is 0 Å². The third-order valence-electron chi connectivity index (χ3n) is 6.00. The van der Waals surface area contributed by atoms with Crippen LogP contribution in [0.5, 0.6) is 17.2 Å². The average molecular weight is 413 g/mol. The van der Waals surface area contributed by atoms with Gasteiger partial charge in [0.1, 0.15) is 5.76 Å². The Morgan fingerprint density at radius 2 is 2.13 bits per heavy atom. The van der Waals surface area contributed by atoms with Crippen molar-refractivity contribution >= 4 is 11.5 Å². The van der Waals surface area contributed by atoms with Crippen LogP contribution >= 0.6 is 0 Å². The quantitative estimate of drug-likeness (QED) is 0.596. The van der Waals surface area contributed by atoms with Gasteiger partial charge in [-0.1, -0.05) is 0 Å². The molecule has 0 spiro atoms. The molecule has 0 saturated heterocycles. The summed E-state index contributed by atoms with van der Waals surface area (Å²) in [5.41, 5.74) is 4.14. The predicted molar refractivity (Wildman–Crippen MR) is 111 cm³/mol. The Bertz CT molecular complexity index is 1040. The smallest absolute Gasteiger partial charge is 0.231 e. The number of aromatic nitrogens is 2. The molecule has 1 aromatic carbocycles. The molecule has 2 aliphatic rings. The third-order valence-corrected chi connectivity index (χ3v) is 6.00. The van der Waals surface area contributed by atoms with Gasteiger partial charge in [0, 0.05) is 43.4 Å². The van der Waals surface area contributed by atoms with Gasteiger partial charge in [0.25, 0.3) is 0 Å². The summed E-state index contributed by atoms with van der Waals surface area (Å²) in [6.45, 7) is 4.65. The molecule has 0 radical (unpaired) electrons. The number of methoxy groups -OCH3 is 1. The molecule has 3 heterocycles. The number of carbonyl (C=O) groups excluding carboxylic acids is 1. The van der Waals surface area contributed by atoms with E-state index in [1.807, 2.05) is 34.0 Å². The first-order valence-electron chi connectivity index (χ1n) is 9.95. The number of carbonyl (C=O) groups is 1. The molecule has 0 aliphatic carbocycles. The first-order valence-corrected chi connectivity index (χ1v) is 9.95. The fraction of sp³-hybridized carbons (Fsp3) is 0.455. The number of allylic oxidation sites excluding steroid dienone is 1. The second kappa shape index (κ2) is 7.68. The van der Waals surface area contributed by atoms with Crippen molar-refractivity contribution in [2.75, 3.05) is 27.5 Å². The largest absolute Gasteiger partial charge is 0.507 e. The Hall–Kier alpha value is -3.00. The zero-order valence-electron chi connectivity index (χ0n) is 18.0. The second-order valence-electron chi connectivity index (χ2n) is 7.83. The number of nitrogens with zero attached hydrogens (tertiary/aromatic N) is 3. The van der Waals surface area contributed by atoms with E-state index in [2.05, 4.69) is 10.00 Å². The minimum atomic E-state index is -0.189. The Balaban J connectivity index is 1.66. The van der Waals surface area contributed by atoms with Gasteiger partial charge in [0.05, 0.1) is 18.4 Å². The SMILES string of the molecule is COc1c2c(cc3c1[C@H](CC(=O)/C=C(\O)c1c(C)nn(C)c1C)N(C)CC3)OCO2. The lowest BCUT2D eigenvalue weighted by atomic mass is 9.88. The number of likely N-dealkylation sites (N-methyl/N-ethyl adjacent to an activating group) is 1. The van der Waals surface area contributed by atoms with Crippen LogP contribution in [0.2, 0.25) is 0 Å². The van der Waals surface area contributed by atoms with Crippen molar-refractivity contribution in [1.29, 1.82) is 0 Å². The normalized spacial score (nSPS) is 18.4. The summed E-state index contributed by atoms with van der Waals surface area (Å²) >= 11 is 0. The first kappa shape index (κ1) is 20.3. The average Bonchev–Trinajstić information content (AvgIpc) is 3.26. The number of ketones is 1. The molecule has 0 unspecified atom stereocenters. The van der Waals surface area contributed by atoms with Gasteiger partial charge >= 0.3 is 0 Å². The van der Waals surface area contributed by atoms with Crippen molar-refractivity contribution < 1.29 is 24.1 Å². The van der Waals surface area contributed by atoms with E-state index in [-0.39, 0.29) is 30.8 Å². The van der Waals surface area contributed by atoms with Crippen molar-refractivity contribution in [2.24, 2.45) is 7.05 Å². The third kappa shape index (κ3) is 3.31. The van der Waals surface area contributed by atoms with Gasteiger partial charge in [-0.2, -0.15) is 5.10 Å². The van der Waals surface area contributed by atoms with Gasteiger partial charge < -0.3 is 19.3 Å². The van der Waals surface area contributed by atoms with Gasteiger partial charge in [0.15, 0.2) is 17.3 Å². The Kier molecular flexibility index (Phi) is 5.19. The molecular weight excluding hydrogens is 386 g/mol. The minimum Gasteiger partial charge on any atom is -0.507 e. The summed E-state index contributed by atoms with van der Waals surface area (Å²) < 4.78 is 18.5. The van der Waals surface area contributed by atoms with Gasteiger partial charge in [0.2, 0.25) is 12.5 Å². The Morgan fingerprint density at radius 3 is 2.80 bits per heavy atom. The highest BCUT2D eigenvalue weighted by molar-refractivity contribution is 5.96. The summed E-state index contributed by atoms with van der Waals surface area (Å²) in [5, 5.41) is 14.9. The number of fused-ring (bicyclic) bond motifs is 2. The van der Waals surface area contributed by atoms with Crippen molar-refractivity contribution in [1.82, 2.24) is 14.7 Å². The molecular formula is C22H27N3O5. The summed E-state index contributed by atoms with van der Waals surface area (Å²) in [4.78, 5) is 15.1. The van der Waals surface area contributed by atoms with Gasteiger partial charge in [-0.05, 0) is 38.9 Å². The van der Waals surface area contributed by atoms with E-state index in [1.54, 1.807) is 11.8 Å². The molecule has 1 N–H and O–H groups in total. The first-order chi connectivity index (χ1) is 14.3. The van der Waals surface area contributed by atoms with Gasteiger partial charge in [-0.25, -0.2) is 0 Å².